The molecule has 3 nitrogen and oxygen atoms in total. The third kappa shape index (κ3) is 3.06. The lowest BCUT2D eigenvalue weighted by atomic mass is 10.2. The average molecular weight is 308 g/mol. The van der Waals surface area contributed by atoms with Crippen molar-refractivity contribution in [1.29, 1.82) is 0 Å². The maximum atomic E-state index is 12.5. The van der Waals surface area contributed by atoms with E-state index in [1.807, 2.05) is 0 Å². The fourth-order valence-electron chi connectivity index (χ4n) is 1.62. The first kappa shape index (κ1) is 15.1. The summed E-state index contributed by atoms with van der Waals surface area (Å²) in [5.41, 5.74) is -2.76. The van der Waals surface area contributed by atoms with Crippen LogP contribution in [0.4, 0.5) is 26.3 Å². The van der Waals surface area contributed by atoms with Crippen LogP contribution in [0.15, 0.2) is 30.3 Å². The van der Waals surface area contributed by atoms with Crippen LogP contribution in [0.5, 0.6) is 0 Å². The second-order valence-corrected chi connectivity index (χ2v) is 4.03. The van der Waals surface area contributed by atoms with Gasteiger partial charge in [0.25, 0.3) is 0 Å². The lowest BCUT2D eigenvalue weighted by molar-refractivity contribution is -0.141. The Balaban J connectivity index is 2.47. The molecule has 1 aromatic heterocycles. The summed E-state index contributed by atoms with van der Waals surface area (Å²) in [6.07, 6.45) is -9.18. The van der Waals surface area contributed by atoms with Crippen LogP contribution in [0.3, 0.4) is 0 Å². The van der Waals surface area contributed by atoms with Crippen LogP contribution in [0.25, 0.3) is 5.69 Å². The molecular formula is C12H6F6N2O. The van der Waals surface area contributed by atoms with Crippen LogP contribution in [0.2, 0.25) is 0 Å². The van der Waals surface area contributed by atoms with E-state index in [0.29, 0.717) is 22.9 Å². The number of carbonyl (C=O) groups excluding carboxylic acids is 1. The van der Waals surface area contributed by atoms with Gasteiger partial charge < -0.3 is 0 Å². The Morgan fingerprint density at radius 1 is 0.952 bits per heavy atom. The van der Waals surface area contributed by atoms with Gasteiger partial charge in [0.05, 0.1) is 11.3 Å². The van der Waals surface area contributed by atoms with E-state index in [2.05, 4.69) is 5.10 Å². The van der Waals surface area contributed by atoms with Crippen LogP contribution < -0.4 is 0 Å². The molecule has 0 saturated heterocycles. The zero-order valence-electron chi connectivity index (χ0n) is 10.0. The molecule has 0 aliphatic rings. The Morgan fingerprint density at radius 3 is 1.95 bits per heavy atom. The predicted molar refractivity (Wildman–Crippen MR) is 59.0 cm³/mol. The number of nitrogens with zero attached hydrogens (tertiary/aromatic N) is 2. The van der Waals surface area contributed by atoms with E-state index in [-0.39, 0.29) is 12.0 Å². The van der Waals surface area contributed by atoms with Crippen molar-refractivity contribution < 1.29 is 31.1 Å². The standard InChI is InChI=1S/C12H6F6N2O/c13-11(14,15)7-1-3-8(4-2-7)20-9(6-21)5-10(19-20)12(16,17)18/h1-6H. The van der Waals surface area contributed by atoms with E-state index in [1.54, 1.807) is 0 Å². The number of hydrogen-bond acceptors (Lipinski definition) is 2. The number of aldehydes is 1. The molecule has 0 unspecified atom stereocenters. The normalized spacial score (nSPS) is 12.5. The first-order valence-electron chi connectivity index (χ1n) is 5.43. The topological polar surface area (TPSA) is 34.9 Å². The zero-order valence-corrected chi connectivity index (χ0v) is 10.0. The van der Waals surface area contributed by atoms with Crippen molar-refractivity contribution in [3.8, 4) is 5.69 Å². The first-order valence-corrected chi connectivity index (χ1v) is 5.43. The maximum absolute atomic E-state index is 12.5. The molecule has 0 atom stereocenters. The summed E-state index contributed by atoms with van der Waals surface area (Å²) in [7, 11) is 0. The zero-order chi connectivity index (χ0) is 15.8. The van der Waals surface area contributed by atoms with Crippen molar-refractivity contribution in [2.45, 2.75) is 12.4 Å². The third-order valence-electron chi connectivity index (χ3n) is 2.59. The van der Waals surface area contributed by atoms with Crippen molar-refractivity contribution in [2.24, 2.45) is 0 Å². The van der Waals surface area contributed by atoms with Crippen molar-refractivity contribution in [2.75, 3.05) is 0 Å². The van der Waals surface area contributed by atoms with Gasteiger partial charge in [0.2, 0.25) is 0 Å². The average Bonchev–Trinajstić information content (AvgIpc) is 2.81. The molecule has 112 valence electrons. The summed E-state index contributed by atoms with van der Waals surface area (Å²) in [5, 5.41) is 3.19. The Kier molecular flexibility index (Phi) is 3.52. The van der Waals surface area contributed by atoms with Gasteiger partial charge in [-0.3, -0.25) is 4.79 Å². The van der Waals surface area contributed by atoms with Gasteiger partial charge in [-0.25, -0.2) is 4.68 Å². The summed E-state index contributed by atoms with van der Waals surface area (Å²) in [5.74, 6) is 0. The van der Waals surface area contributed by atoms with E-state index in [4.69, 9.17) is 0 Å². The highest BCUT2D eigenvalue weighted by molar-refractivity contribution is 5.73. The molecule has 0 N–H and O–H groups in total. The van der Waals surface area contributed by atoms with Crippen LogP contribution in [-0.4, -0.2) is 16.1 Å². The molecule has 9 heteroatoms. The lowest BCUT2D eigenvalue weighted by Gasteiger charge is -2.08. The number of benzene rings is 1. The lowest BCUT2D eigenvalue weighted by Crippen LogP contribution is -2.08. The Morgan fingerprint density at radius 2 is 1.52 bits per heavy atom. The number of aromatic nitrogens is 2. The van der Waals surface area contributed by atoms with Crippen LogP contribution in [-0.2, 0) is 12.4 Å². The van der Waals surface area contributed by atoms with Crippen molar-refractivity contribution in [1.82, 2.24) is 9.78 Å². The molecule has 21 heavy (non-hydrogen) atoms. The van der Waals surface area contributed by atoms with E-state index in [0.717, 1.165) is 12.1 Å². The monoisotopic (exact) mass is 308 g/mol. The fraction of sp³-hybridized carbons (Fsp3) is 0.167. The van der Waals surface area contributed by atoms with E-state index < -0.39 is 29.3 Å². The number of halogens is 6. The molecule has 1 heterocycles. The molecule has 2 rings (SSSR count). The van der Waals surface area contributed by atoms with E-state index >= 15 is 0 Å². The maximum Gasteiger partial charge on any atom is 0.435 e. The molecule has 0 amide bonds. The van der Waals surface area contributed by atoms with Gasteiger partial charge in [-0.2, -0.15) is 31.4 Å². The first-order chi connectivity index (χ1) is 9.63. The smallest absolute Gasteiger partial charge is 0.296 e. The predicted octanol–water partition coefficient (Wildman–Crippen LogP) is 3.72. The number of carbonyl (C=O) groups is 1. The number of alkyl halides is 6. The number of rotatable bonds is 2. The molecule has 0 aliphatic carbocycles. The number of hydrogen-bond donors (Lipinski definition) is 0. The van der Waals surface area contributed by atoms with E-state index in [1.165, 1.54) is 0 Å². The van der Waals surface area contributed by atoms with Crippen LogP contribution in [0.1, 0.15) is 21.7 Å². The highest BCUT2D eigenvalue weighted by Gasteiger charge is 2.35. The van der Waals surface area contributed by atoms with Gasteiger partial charge in [0, 0.05) is 0 Å². The Labute approximate surface area is 113 Å². The molecule has 0 spiro atoms. The van der Waals surface area contributed by atoms with E-state index in [9.17, 15) is 31.1 Å². The van der Waals surface area contributed by atoms with Crippen molar-refractivity contribution in [3.05, 3.63) is 47.3 Å². The molecule has 0 radical (unpaired) electrons. The summed E-state index contributed by atoms with van der Waals surface area (Å²) < 4.78 is 75.4. The molecular weight excluding hydrogens is 302 g/mol. The van der Waals surface area contributed by atoms with Crippen LogP contribution in [0, 0.1) is 0 Å². The fourth-order valence-corrected chi connectivity index (χ4v) is 1.62. The summed E-state index contributed by atoms with van der Waals surface area (Å²) in [6, 6.07) is 3.77. The van der Waals surface area contributed by atoms with Gasteiger partial charge in [-0.05, 0) is 30.3 Å². The van der Waals surface area contributed by atoms with Crippen molar-refractivity contribution >= 4 is 6.29 Å². The molecule has 1 aromatic carbocycles. The van der Waals surface area contributed by atoms with Gasteiger partial charge in [-0.1, -0.05) is 0 Å². The van der Waals surface area contributed by atoms with Gasteiger partial charge in [0.15, 0.2) is 12.0 Å². The second kappa shape index (κ2) is 4.90. The molecule has 2 aromatic rings. The highest BCUT2D eigenvalue weighted by atomic mass is 19.4. The summed E-state index contributed by atoms with van der Waals surface area (Å²) in [4.78, 5) is 10.8. The quantitative estimate of drug-likeness (QED) is 0.626. The largest absolute Gasteiger partial charge is 0.435 e. The van der Waals surface area contributed by atoms with Gasteiger partial charge in [-0.15, -0.1) is 0 Å². The molecule has 0 fully saturated rings. The Hall–Kier alpha value is -2.32. The van der Waals surface area contributed by atoms with Crippen LogP contribution >= 0.6 is 0 Å². The van der Waals surface area contributed by atoms with Crippen molar-refractivity contribution in [3.63, 3.8) is 0 Å². The second-order valence-electron chi connectivity index (χ2n) is 4.03. The van der Waals surface area contributed by atoms with Gasteiger partial charge >= 0.3 is 12.4 Å². The SMILES string of the molecule is O=Cc1cc(C(F)(F)F)nn1-c1ccc(C(F)(F)F)cc1. The van der Waals surface area contributed by atoms with Gasteiger partial charge in [0.1, 0.15) is 5.69 Å². The minimum atomic E-state index is -4.76. The summed E-state index contributed by atoms with van der Waals surface area (Å²) >= 11 is 0. The Bertz CT molecular complexity index is 654. The minimum Gasteiger partial charge on any atom is -0.296 e. The molecule has 0 saturated carbocycles. The minimum absolute atomic E-state index is 0.0828. The summed E-state index contributed by atoms with van der Waals surface area (Å²) in [6.45, 7) is 0. The molecule has 0 bridgehead atoms. The third-order valence-corrected chi connectivity index (χ3v) is 2.59. The molecule has 0 aliphatic heterocycles. The highest BCUT2D eigenvalue weighted by Crippen LogP contribution is 2.31.